The van der Waals surface area contributed by atoms with E-state index in [2.05, 4.69) is 11.9 Å². The average Bonchev–Trinajstić information content (AvgIpc) is 2.60. The minimum Gasteiger partial charge on any atom is -0.342 e. The number of aromatic nitrogens is 2. The van der Waals surface area contributed by atoms with Crippen molar-refractivity contribution in [2.24, 2.45) is 5.92 Å². The molecule has 5 nitrogen and oxygen atoms in total. The molecule has 25 heavy (non-hydrogen) atoms. The highest BCUT2D eigenvalue weighted by Gasteiger charge is 2.21. The number of benzene rings is 1. The third-order valence-corrected chi connectivity index (χ3v) is 5.69. The second kappa shape index (κ2) is 7.60. The average molecular weight is 359 g/mol. The van der Waals surface area contributed by atoms with Gasteiger partial charge in [-0.05, 0) is 44.7 Å². The summed E-state index contributed by atoms with van der Waals surface area (Å²) in [6, 6.07) is 7.38. The molecule has 1 aliphatic rings. The predicted molar refractivity (Wildman–Crippen MR) is 102 cm³/mol. The summed E-state index contributed by atoms with van der Waals surface area (Å²) in [5.74, 6) is 1.16. The molecule has 134 valence electrons. The lowest BCUT2D eigenvalue weighted by Gasteiger charge is -2.30. The van der Waals surface area contributed by atoms with Crippen LogP contribution < -0.4 is 5.56 Å². The smallest absolute Gasteiger partial charge is 0.262 e. The summed E-state index contributed by atoms with van der Waals surface area (Å²) >= 11 is 1.37. The van der Waals surface area contributed by atoms with Gasteiger partial charge in [0, 0.05) is 19.1 Å². The molecule has 1 aliphatic heterocycles. The zero-order chi connectivity index (χ0) is 18.0. The van der Waals surface area contributed by atoms with Gasteiger partial charge >= 0.3 is 0 Å². The van der Waals surface area contributed by atoms with Crippen LogP contribution in [0.5, 0.6) is 0 Å². The first-order valence-electron chi connectivity index (χ1n) is 8.89. The van der Waals surface area contributed by atoms with Gasteiger partial charge in [0.05, 0.1) is 16.7 Å². The molecule has 0 aliphatic carbocycles. The molecule has 0 unspecified atom stereocenters. The van der Waals surface area contributed by atoms with Gasteiger partial charge in [0.15, 0.2) is 5.16 Å². The van der Waals surface area contributed by atoms with Gasteiger partial charge in [-0.25, -0.2) is 4.98 Å². The van der Waals surface area contributed by atoms with E-state index in [1.54, 1.807) is 10.6 Å². The van der Waals surface area contributed by atoms with Crippen molar-refractivity contribution in [1.29, 1.82) is 0 Å². The molecular formula is C19H25N3O2S. The molecule has 0 atom stereocenters. The second-order valence-electron chi connectivity index (χ2n) is 7.03. The predicted octanol–water partition coefficient (Wildman–Crippen LogP) is 3.33. The Morgan fingerprint density at radius 3 is 2.64 bits per heavy atom. The zero-order valence-electron chi connectivity index (χ0n) is 15.1. The van der Waals surface area contributed by atoms with E-state index < -0.39 is 0 Å². The quantitative estimate of drug-likeness (QED) is 0.621. The molecule has 1 aromatic carbocycles. The molecule has 1 saturated heterocycles. The Hall–Kier alpha value is -1.82. The van der Waals surface area contributed by atoms with Crippen LogP contribution in [0.3, 0.4) is 0 Å². The number of carbonyl (C=O) groups is 1. The summed E-state index contributed by atoms with van der Waals surface area (Å²) in [6.07, 6.45) is 2.14. The van der Waals surface area contributed by atoms with Crippen LogP contribution in [0.15, 0.2) is 34.2 Å². The van der Waals surface area contributed by atoms with Gasteiger partial charge in [0.2, 0.25) is 5.91 Å². The highest BCUT2D eigenvalue weighted by molar-refractivity contribution is 7.99. The number of hydrogen-bond donors (Lipinski definition) is 0. The van der Waals surface area contributed by atoms with Crippen molar-refractivity contribution in [3.8, 4) is 0 Å². The summed E-state index contributed by atoms with van der Waals surface area (Å²) in [7, 11) is 0. The van der Waals surface area contributed by atoms with Crippen LogP contribution in [0.1, 0.15) is 39.7 Å². The Labute approximate surface area is 152 Å². The molecule has 0 bridgehead atoms. The summed E-state index contributed by atoms with van der Waals surface area (Å²) in [5, 5.41) is 1.24. The van der Waals surface area contributed by atoms with Gasteiger partial charge in [-0.2, -0.15) is 0 Å². The molecule has 0 spiro atoms. The number of hydrogen-bond acceptors (Lipinski definition) is 4. The molecule has 2 aromatic rings. The lowest BCUT2D eigenvalue weighted by Crippen LogP contribution is -2.39. The van der Waals surface area contributed by atoms with Gasteiger partial charge in [-0.15, -0.1) is 0 Å². The number of para-hydroxylation sites is 1. The number of rotatable bonds is 4. The molecular weight excluding hydrogens is 334 g/mol. The fourth-order valence-corrected chi connectivity index (χ4v) is 4.19. The fraction of sp³-hybridized carbons (Fsp3) is 0.526. The number of piperidine rings is 1. The van der Waals surface area contributed by atoms with Crippen LogP contribution in [0.2, 0.25) is 0 Å². The molecule has 0 saturated carbocycles. The van der Waals surface area contributed by atoms with Crippen LogP contribution >= 0.6 is 11.8 Å². The van der Waals surface area contributed by atoms with Gasteiger partial charge in [-0.3, -0.25) is 14.2 Å². The van der Waals surface area contributed by atoms with E-state index in [-0.39, 0.29) is 17.5 Å². The van der Waals surface area contributed by atoms with Crippen LogP contribution in [0.25, 0.3) is 10.9 Å². The number of amides is 1. The zero-order valence-corrected chi connectivity index (χ0v) is 15.9. The minimum atomic E-state index is -0.0395. The van der Waals surface area contributed by atoms with Crippen molar-refractivity contribution < 1.29 is 4.79 Å². The topological polar surface area (TPSA) is 55.2 Å². The van der Waals surface area contributed by atoms with Crippen LogP contribution in [-0.2, 0) is 4.79 Å². The maximum absolute atomic E-state index is 12.8. The van der Waals surface area contributed by atoms with Gasteiger partial charge in [0.1, 0.15) is 0 Å². The molecule has 0 N–H and O–H groups in total. The Morgan fingerprint density at radius 1 is 1.28 bits per heavy atom. The van der Waals surface area contributed by atoms with Crippen molar-refractivity contribution in [2.45, 2.75) is 44.8 Å². The van der Waals surface area contributed by atoms with Gasteiger partial charge < -0.3 is 4.90 Å². The monoisotopic (exact) mass is 359 g/mol. The van der Waals surface area contributed by atoms with E-state index in [4.69, 9.17) is 0 Å². The summed E-state index contributed by atoms with van der Waals surface area (Å²) in [5.41, 5.74) is 0.647. The maximum Gasteiger partial charge on any atom is 0.262 e. The molecule has 2 heterocycles. The molecule has 1 amide bonds. The molecule has 3 rings (SSSR count). The number of nitrogens with zero attached hydrogens (tertiary/aromatic N) is 3. The Morgan fingerprint density at radius 2 is 1.96 bits per heavy atom. The number of thioether (sulfide) groups is 1. The van der Waals surface area contributed by atoms with Gasteiger partial charge in [-0.1, -0.05) is 30.8 Å². The first kappa shape index (κ1) is 18.0. The normalized spacial score (nSPS) is 15.9. The van der Waals surface area contributed by atoms with Crippen molar-refractivity contribution in [2.75, 3.05) is 18.8 Å². The van der Waals surface area contributed by atoms with E-state index >= 15 is 0 Å². The lowest BCUT2D eigenvalue weighted by molar-refractivity contribution is -0.129. The third kappa shape index (κ3) is 3.89. The second-order valence-corrected chi connectivity index (χ2v) is 7.97. The summed E-state index contributed by atoms with van der Waals surface area (Å²) in [6.45, 7) is 7.84. The van der Waals surface area contributed by atoms with Crippen molar-refractivity contribution in [1.82, 2.24) is 14.5 Å². The Kier molecular flexibility index (Phi) is 5.47. The summed E-state index contributed by atoms with van der Waals surface area (Å²) < 4.78 is 1.69. The van der Waals surface area contributed by atoms with E-state index in [1.165, 1.54) is 11.8 Å². The fourth-order valence-electron chi connectivity index (χ4n) is 3.16. The SMILES string of the molecule is CC1CCN(C(=O)CSc2nc3ccccc3c(=O)n2C(C)C)CC1. The number of carbonyl (C=O) groups excluding carboxylic acids is 1. The van der Waals surface area contributed by atoms with Crippen LogP contribution in [-0.4, -0.2) is 39.2 Å². The highest BCUT2D eigenvalue weighted by atomic mass is 32.2. The highest BCUT2D eigenvalue weighted by Crippen LogP contribution is 2.22. The molecule has 6 heteroatoms. The first-order chi connectivity index (χ1) is 12.0. The van der Waals surface area contributed by atoms with Crippen molar-refractivity contribution in [3.05, 3.63) is 34.6 Å². The number of likely N-dealkylation sites (tertiary alicyclic amines) is 1. The van der Waals surface area contributed by atoms with E-state index in [0.717, 1.165) is 25.9 Å². The van der Waals surface area contributed by atoms with E-state index in [0.29, 0.717) is 27.7 Å². The maximum atomic E-state index is 12.8. The third-order valence-electron chi connectivity index (χ3n) is 4.75. The van der Waals surface area contributed by atoms with Crippen molar-refractivity contribution >= 4 is 28.6 Å². The van der Waals surface area contributed by atoms with Crippen molar-refractivity contribution in [3.63, 3.8) is 0 Å². The van der Waals surface area contributed by atoms with E-state index in [1.807, 2.05) is 36.9 Å². The lowest BCUT2D eigenvalue weighted by atomic mass is 9.99. The standard InChI is InChI=1S/C19H25N3O2S/c1-13(2)22-18(24)15-6-4-5-7-16(15)20-19(22)25-12-17(23)21-10-8-14(3)9-11-21/h4-7,13-14H,8-12H2,1-3H3. The van der Waals surface area contributed by atoms with Gasteiger partial charge in [0.25, 0.3) is 5.56 Å². The molecule has 0 radical (unpaired) electrons. The first-order valence-corrected chi connectivity index (χ1v) is 9.87. The molecule has 1 aromatic heterocycles. The molecule has 1 fully saturated rings. The largest absolute Gasteiger partial charge is 0.342 e. The summed E-state index contributed by atoms with van der Waals surface area (Å²) in [4.78, 5) is 31.9. The van der Waals surface area contributed by atoms with E-state index in [9.17, 15) is 9.59 Å². The number of fused-ring (bicyclic) bond motifs is 1. The van der Waals surface area contributed by atoms with Crippen LogP contribution in [0.4, 0.5) is 0 Å². The minimum absolute atomic E-state index is 0.00181. The Bertz CT molecular complexity index is 823. The van der Waals surface area contributed by atoms with Crippen LogP contribution in [0, 0.1) is 5.92 Å². The Balaban J connectivity index is 1.82.